The van der Waals surface area contributed by atoms with E-state index in [9.17, 15) is 4.79 Å². The summed E-state index contributed by atoms with van der Waals surface area (Å²) in [6.07, 6.45) is 3.75. The third kappa shape index (κ3) is 4.15. The van der Waals surface area contributed by atoms with Crippen molar-refractivity contribution in [3.05, 3.63) is 102 Å². The lowest BCUT2D eigenvalue weighted by molar-refractivity contribution is 0.0468. The maximum absolute atomic E-state index is 12.3. The number of hydrogen-bond donors (Lipinski definition) is 0. The summed E-state index contributed by atoms with van der Waals surface area (Å²) in [5, 5.41) is 0. The van der Waals surface area contributed by atoms with Gasteiger partial charge in [-0.3, -0.25) is 0 Å². The number of nitrogens with zero attached hydrogens (tertiary/aromatic N) is 2. The number of rotatable bonds is 6. The van der Waals surface area contributed by atoms with Crippen LogP contribution in [-0.4, -0.2) is 15.4 Å². The molecule has 0 atom stereocenters. The van der Waals surface area contributed by atoms with E-state index in [1.54, 1.807) is 18.2 Å². The Bertz CT molecular complexity index is 1020. The molecule has 0 N–H and O–H groups in total. The number of ether oxygens (including phenoxy) is 2. The minimum Gasteiger partial charge on any atom is -0.489 e. The summed E-state index contributed by atoms with van der Waals surface area (Å²) >= 11 is 0. The van der Waals surface area contributed by atoms with Crippen molar-refractivity contribution >= 4 is 11.6 Å². The molecule has 5 heteroatoms. The molecule has 4 rings (SSSR count). The Kier molecular flexibility index (Phi) is 4.83. The average Bonchev–Trinajstić information content (AvgIpc) is 3.14. The topological polar surface area (TPSA) is 52.8 Å². The zero-order valence-electron chi connectivity index (χ0n) is 14.6. The number of hydrogen-bond acceptors (Lipinski definition) is 4. The Labute approximate surface area is 156 Å². The molecule has 2 aromatic heterocycles. The van der Waals surface area contributed by atoms with E-state index in [2.05, 4.69) is 4.98 Å². The summed E-state index contributed by atoms with van der Waals surface area (Å²) in [5.74, 6) is 0.221. The number of carbonyl (C=O) groups is 1. The van der Waals surface area contributed by atoms with Crippen LogP contribution in [0.3, 0.4) is 0 Å². The fourth-order valence-corrected chi connectivity index (χ4v) is 2.73. The first-order chi connectivity index (χ1) is 13.3. The van der Waals surface area contributed by atoms with Gasteiger partial charge in [0, 0.05) is 12.4 Å². The monoisotopic (exact) mass is 358 g/mol. The minimum absolute atomic E-state index is 0.121. The molecule has 4 aromatic rings. The quantitative estimate of drug-likeness (QED) is 0.483. The number of pyridine rings is 1. The molecule has 0 amide bonds. The SMILES string of the molecule is O=C(OCc1cn2ccccc2n1)c1cccc(OCc2ccccc2)c1. The van der Waals surface area contributed by atoms with E-state index in [1.165, 1.54) is 0 Å². The highest BCUT2D eigenvalue weighted by atomic mass is 16.5. The second kappa shape index (κ2) is 7.74. The summed E-state index contributed by atoms with van der Waals surface area (Å²) in [5.41, 5.74) is 3.03. The Morgan fingerprint density at radius 3 is 2.63 bits per heavy atom. The van der Waals surface area contributed by atoms with Crippen molar-refractivity contribution in [1.29, 1.82) is 0 Å². The van der Waals surface area contributed by atoms with Gasteiger partial charge in [-0.25, -0.2) is 9.78 Å². The highest BCUT2D eigenvalue weighted by molar-refractivity contribution is 5.89. The Morgan fingerprint density at radius 1 is 0.926 bits per heavy atom. The van der Waals surface area contributed by atoms with E-state index in [0.717, 1.165) is 11.2 Å². The van der Waals surface area contributed by atoms with Gasteiger partial charge in [-0.2, -0.15) is 0 Å². The fraction of sp³-hybridized carbons (Fsp3) is 0.0909. The van der Waals surface area contributed by atoms with Gasteiger partial charge < -0.3 is 13.9 Å². The van der Waals surface area contributed by atoms with E-state index in [0.29, 0.717) is 23.6 Å². The molecule has 0 aliphatic rings. The molecule has 0 saturated heterocycles. The maximum Gasteiger partial charge on any atom is 0.338 e. The lowest BCUT2D eigenvalue weighted by atomic mass is 10.2. The Balaban J connectivity index is 1.38. The number of carbonyl (C=O) groups excluding carboxylic acids is 1. The van der Waals surface area contributed by atoms with Crippen molar-refractivity contribution in [1.82, 2.24) is 9.38 Å². The van der Waals surface area contributed by atoms with Gasteiger partial charge in [0.1, 0.15) is 24.6 Å². The van der Waals surface area contributed by atoms with E-state index >= 15 is 0 Å². The van der Waals surface area contributed by atoms with Crippen molar-refractivity contribution in [3.63, 3.8) is 0 Å². The van der Waals surface area contributed by atoms with Crippen LogP contribution in [-0.2, 0) is 18.0 Å². The van der Waals surface area contributed by atoms with Crippen LogP contribution in [0.4, 0.5) is 0 Å². The molecular weight excluding hydrogens is 340 g/mol. The molecule has 0 saturated carbocycles. The smallest absolute Gasteiger partial charge is 0.338 e. The molecule has 2 aromatic carbocycles. The number of fused-ring (bicyclic) bond motifs is 1. The molecule has 0 fully saturated rings. The number of esters is 1. The molecule has 27 heavy (non-hydrogen) atoms. The highest BCUT2D eigenvalue weighted by Gasteiger charge is 2.10. The molecule has 0 spiro atoms. The lowest BCUT2D eigenvalue weighted by Gasteiger charge is -2.08. The van der Waals surface area contributed by atoms with Crippen molar-refractivity contribution in [2.24, 2.45) is 0 Å². The standard InChI is InChI=1S/C22H18N2O3/c25-22(27-16-19-14-24-12-5-4-11-21(24)23-19)18-9-6-10-20(13-18)26-15-17-7-2-1-3-8-17/h1-14H,15-16H2. The average molecular weight is 358 g/mol. The summed E-state index contributed by atoms with van der Waals surface area (Å²) in [7, 11) is 0. The third-order valence-corrected chi connectivity index (χ3v) is 4.08. The molecule has 0 unspecified atom stereocenters. The molecular formula is C22H18N2O3. The van der Waals surface area contributed by atoms with Crippen LogP contribution in [0.2, 0.25) is 0 Å². The molecule has 5 nitrogen and oxygen atoms in total. The van der Waals surface area contributed by atoms with Crippen LogP contribution in [0, 0.1) is 0 Å². The van der Waals surface area contributed by atoms with Crippen LogP contribution >= 0.6 is 0 Å². The molecule has 0 bridgehead atoms. The molecule has 134 valence electrons. The van der Waals surface area contributed by atoms with Gasteiger partial charge in [0.25, 0.3) is 0 Å². The zero-order chi connectivity index (χ0) is 18.5. The second-order valence-corrected chi connectivity index (χ2v) is 6.08. The van der Waals surface area contributed by atoms with Crippen molar-refractivity contribution in [3.8, 4) is 5.75 Å². The summed E-state index contributed by atoms with van der Waals surface area (Å²) in [4.78, 5) is 16.8. The first-order valence-electron chi connectivity index (χ1n) is 8.64. The van der Waals surface area contributed by atoms with Crippen LogP contribution in [0.5, 0.6) is 5.75 Å². The largest absolute Gasteiger partial charge is 0.489 e. The zero-order valence-corrected chi connectivity index (χ0v) is 14.6. The van der Waals surface area contributed by atoms with Crippen LogP contribution < -0.4 is 4.74 Å². The van der Waals surface area contributed by atoms with E-state index < -0.39 is 5.97 Å². The normalized spacial score (nSPS) is 10.7. The van der Waals surface area contributed by atoms with Crippen molar-refractivity contribution in [2.75, 3.05) is 0 Å². The lowest BCUT2D eigenvalue weighted by Crippen LogP contribution is -2.06. The van der Waals surface area contributed by atoms with Gasteiger partial charge in [0.05, 0.1) is 11.3 Å². The van der Waals surface area contributed by atoms with Gasteiger partial charge in [-0.1, -0.05) is 42.5 Å². The van der Waals surface area contributed by atoms with Crippen molar-refractivity contribution < 1.29 is 14.3 Å². The van der Waals surface area contributed by atoms with Crippen molar-refractivity contribution in [2.45, 2.75) is 13.2 Å². The van der Waals surface area contributed by atoms with Crippen LogP contribution in [0.25, 0.3) is 5.65 Å². The van der Waals surface area contributed by atoms with Gasteiger partial charge in [-0.05, 0) is 35.9 Å². The fourth-order valence-electron chi connectivity index (χ4n) is 2.73. The number of benzene rings is 2. The number of imidazole rings is 1. The number of aromatic nitrogens is 2. The van der Waals surface area contributed by atoms with E-state index in [1.807, 2.05) is 71.4 Å². The van der Waals surface area contributed by atoms with Gasteiger partial charge >= 0.3 is 5.97 Å². The first kappa shape index (κ1) is 16.8. The molecule has 0 aliphatic carbocycles. The van der Waals surface area contributed by atoms with Gasteiger partial charge in [-0.15, -0.1) is 0 Å². The Morgan fingerprint density at radius 2 is 1.78 bits per heavy atom. The van der Waals surface area contributed by atoms with E-state index in [4.69, 9.17) is 9.47 Å². The van der Waals surface area contributed by atoms with Crippen LogP contribution in [0.1, 0.15) is 21.6 Å². The molecule has 0 aliphatic heterocycles. The Hall–Kier alpha value is -3.60. The third-order valence-electron chi connectivity index (χ3n) is 4.08. The second-order valence-electron chi connectivity index (χ2n) is 6.08. The van der Waals surface area contributed by atoms with Gasteiger partial charge in [0.2, 0.25) is 0 Å². The summed E-state index contributed by atoms with van der Waals surface area (Å²) < 4.78 is 13.0. The summed E-state index contributed by atoms with van der Waals surface area (Å²) in [6, 6.07) is 22.6. The molecule has 0 radical (unpaired) electrons. The summed E-state index contributed by atoms with van der Waals surface area (Å²) in [6.45, 7) is 0.566. The van der Waals surface area contributed by atoms with E-state index in [-0.39, 0.29) is 6.61 Å². The molecule has 2 heterocycles. The van der Waals surface area contributed by atoms with Gasteiger partial charge in [0.15, 0.2) is 0 Å². The maximum atomic E-state index is 12.3. The van der Waals surface area contributed by atoms with Crippen LogP contribution in [0.15, 0.2) is 85.2 Å². The highest BCUT2D eigenvalue weighted by Crippen LogP contribution is 2.16. The predicted molar refractivity (Wildman–Crippen MR) is 102 cm³/mol. The minimum atomic E-state index is -0.405. The predicted octanol–water partition coefficient (Wildman–Crippen LogP) is 4.27. The first-order valence-corrected chi connectivity index (χ1v) is 8.64.